The standard InChI is InChI=1S/C20H15N3O4/c1-12(19-22-18(23-27-19)14-6-4-10-21-11-14)26-20(25)16-9-8-13-5-2-3-7-15(13)17(16)24/h2-12,24H,1H3/t12-/m1/s1. The molecule has 4 aromatic rings. The molecule has 27 heavy (non-hydrogen) atoms. The monoisotopic (exact) mass is 361 g/mol. The van der Waals surface area contributed by atoms with Gasteiger partial charge in [0.2, 0.25) is 5.82 Å². The van der Waals surface area contributed by atoms with Gasteiger partial charge in [-0.25, -0.2) is 4.79 Å². The van der Waals surface area contributed by atoms with E-state index < -0.39 is 12.1 Å². The number of nitrogens with zero attached hydrogens (tertiary/aromatic N) is 3. The highest BCUT2D eigenvalue weighted by atomic mass is 16.6. The average Bonchev–Trinajstić information content (AvgIpc) is 3.19. The molecule has 4 rings (SSSR count). The molecule has 7 nitrogen and oxygen atoms in total. The summed E-state index contributed by atoms with van der Waals surface area (Å²) in [6.45, 7) is 1.62. The second-order valence-electron chi connectivity index (χ2n) is 5.93. The lowest BCUT2D eigenvalue weighted by Gasteiger charge is -2.11. The van der Waals surface area contributed by atoms with Crippen molar-refractivity contribution in [3.63, 3.8) is 0 Å². The first-order valence-corrected chi connectivity index (χ1v) is 8.29. The molecule has 2 heterocycles. The van der Waals surface area contributed by atoms with Crippen molar-refractivity contribution < 1.29 is 19.2 Å². The number of ether oxygens (including phenoxy) is 1. The van der Waals surface area contributed by atoms with Crippen molar-refractivity contribution >= 4 is 16.7 Å². The molecule has 0 saturated carbocycles. The van der Waals surface area contributed by atoms with E-state index in [4.69, 9.17) is 9.26 Å². The second-order valence-corrected chi connectivity index (χ2v) is 5.93. The number of rotatable bonds is 4. The van der Waals surface area contributed by atoms with E-state index in [0.29, 0.717) is 16.8 Å². The summed E-state index contributed by atoms with van der Waals surface area (Å²) in [5.74, 6) is -0.282. The number of carbonyl (C=O) groups excluding carboxylic acids is 1. The van der Waals surface area contributed by atoms with E-state index in [-0.39, 0.29) is 17.2 Å². The molecule has 0 unspecified atom stereocenters. The van der Waals surface area contributed by atoms with Crippen LogP contribution in [0, 0.1) is 0 Å². The lowest BCUT2D eigenvalue weighted by atomic mass is 10.1. The number of benzene rings is 2. The smallest absolute Gasteiger partial charge is 0.342 e. The maximum absolute atomic E-state index is 12.5. The maximum Gasteiger partial charge on any atom is 0.342 e. The zero-order chi connectivity index (χ0) is 18.8. The number of phenolic OH excluding ortho intramolecular Hbond substituents is 1. The van der Waals surface area contributed by atoms with Gasteiger partial charge >= 0.3 is 5.97 Å². The molecule has 0 radical (unpaired) electrons. The van der Waals surface area contributed by atoms with Crippen LogP contribution in [0.5, 0.6) is 5.75 Å². The minimum atomic E-state index is -0.777. The third kappa shape index (κ3) is 3.22. The van der Waals surface area contributed by atoms with Crippen molar-refractivity contribution in [1.29, 1.82) is 0 Å². The lowest BCUT2D eigenvalue weighted by molar-refractivity contribution is 0.0262. The van der Waals surface area contributed by atoms with Gasteiger partial charge in [-0.15, -0.1) is 0 Å². The van der Waals surface area contributed by atoms with E-state index in [1.165, 1.54) is 6.07 Å². The average molecular weight is 361 g/mol. The van der Waals surface area contributed by atoms with Crippen LogP contribution >= 0.6 is 0 Å². The van der Waals surface area contributed by atoms with Crippen LogP contribution in [0.15, 0.2) is 65.4 Å². The highest BCUT2D eigenvalue weighted by Crippen LogP contribution is 2.30. The fourth-order valence-electron chi connectivity index (χ4n) is 2.71. The summed E-state index contributed by atoms with van der Waals surface area (Å²) >= 11 is 0. The zero-order valence-electron chi connectivity index (χ0n) is 14.4. The van der Waals surface area contributed by atoms with Crippen LogP contribution in [0.4, 0.5) is 0 Å². The van der Waals surface area contributed by atoms with E-state index in [0.717, 1.165) is 5.39 Å². The lowest BCUT2D eigenvalue weighted by Crippen LogP contribution is -2.10. The Labute approximate surface area is 154 Å². The fourth-order valence-corrected chi connectivity index (χ4v) is 2.71. The highest BCUT2D eigenvalue weighted by Gasteiger charge is 2.22. The van der Waals surface area contributed by atoms with Gasteiger partial charge in [0.25, 0.3) is 5.89 Å². The Morgan fingerprint density at radius 1 is 1.15 bits per heavy atom. The van der Waals surface area contributed by atoms with Crippen molar-refractivity contribution in [2.45, 2.75) is 13.0 Å². The topological polar surface area (TPSA) is 98.3 Å². The summed E-state index contributed by atoms with van der Waals surface area (Å²) in [5, 5.41) is 15.7. The minimum Gasteiger partial charge on any atom is -0.506 e. The van der Waals surface area contributed by atoms with Crippen LogP contribution < -0.4 is 0 Å². The Bertz CT molecular complexity index is 1110. The molecule has 0 spiro atoms. The van der Waals surface area contributed by atoms with Crippen molar-refractivity contribution in [2.75, 3.05) is 0 Å². The Balaban J connectivity index is 1.55. The normalized spacial score (nSPS) is 12.0. The molecule has 134 valence electrons. The first kappa shape index (κ1) is 16.7. The number of pyridine rings is 1. The number of hydrogen-bond acceptors (Lipinski definition) is 7. The largest absolute Gasteiger partial charge is 0.506 e. The number of aromatic hydroxyl groups is 1. The number of fused-ring (bicyclic) bond motifs is 1. The predicted molar refractivity (Wildman–Crippen MR) is 97.0 cm³/mol. The van der Waals surface area contributed by atoms with E-state index >= 15 is 0 Å². The van der Waals surface area contributed by atoms with Gasteiger partial charge in [-0.1, -0.05) is 35.5 Å². The Kier molecular flexibility index (Phi) is 4.25. The summed E-state index contributed by atoms with van der Waals surface area (Å²) in [7, 11) is 0. The van der Waals surface area contributed by atoms with Crippen molar-refractivity contribution in [3.8, 4) is 17.1 Å². The molecule has 7 heteroatoms. The number of phenols is 1. The van der Waals surface area contributed by atoms with Crippen LogP contribution in [-0.2, 0) is 4.74 Å². The third-order valence-corrected chi connectivity index (χ3v) is 4.11. The Morgan fingerprint density at radius 3 is 2.81 bits per heavy atom. The predicted octanol–water partition coefficient (Wildman–Crippen LogP) is 3.91. The zero-order valence-corrected chi connectivity index (χ0v) is 14.4. The molecule has 0 aliphatic heterocycles. The van der Waals surface area contributed by atoms with Gasteiger partial charge < -0.3 is 14.4 Å². The van der Waals surface area contributed by atoms with Crippen LogP contribution in [0.1, 0.15) is 29.3 Å². The van der Waals surface area contributed by atoms with E-state index in [2.05, 4.69) is 15.1 Å². The van der Waals surface area contributed by atoms with Crippen molar-refractivity contribution in [2.24, 2.45) is 0 Å². The number of hydrogen-bond donors (Lipinski definition) is 1. The molecule has 0 fully saturated rings. The van der Waals surface area contributed by atoms with Gasteiger partial charge in [-0.2, -0.15) is 4.98 Å². The van der Waals surface area contributed by atoms with Gasteiger partial charge in [0.1, 0.15) is 11.3 Å². The Morgan fingerprint density at radius 2 is 2.00 bits per heavy atom. The molecular weight excluding hydrogens is 346 g/mol. The fraction of sp³-hybridized carbons (Fsp3) is 0.100. The molecule has 2 aromatic heterocycles. The molecule has 0 aliphatic carbocycles. The summed E-state index contributed by atoms with van der Waals surface area (Å²) < 4.78 is 10.6. The first-order chi connectivity index (χ1) is 13.1. The molecule has 0 bridgehead atoms. The van der Waals surface area contributed by atoms with Gasteiger partial charge in [0, 0.05) is 23.3 Å². The summed E-state index contributed by atoms with van der Waals surface area (Å²) in [4.78, 5) is 20.7. The number of aromatic nitrogens is 3. The van der Waals surface area contributed by atoms with Crippen LogP contribution in [0.3, 0.4) is 0 Å². The number of carbonyl (C=O) groups is 1. The molecule has 0 aliphatic rings. The van der Waals surface area contributed by atoms with Gasteiger partial charge in [-0.3, -0.25) is 4.98 Å². The minimum absolute atomic E-state index is 0.0764. The van der Waals surface area contributed by atoms with Crippen LogP contribution in [0.2, 0.25) is 0 Å². The molecule has 2 aromatic carbocycles. The molecule has 0 amide bonds. The van der Waals surface area contributed by atoms with Crippen LogP contribution in [0.25, 0.3) is 22.2 Å². The summed E-state index contributed by atoms with van der Waals surface area (Å²) in [6.07, 6.45) is 2.48. The number of esters is 1. The summed E-state index contributed by atoms with van der Waals surface area (Å²) in [6, 6.07) is 14.1. The van der Waals surface area contributed by atoms with Crippen molar-refractivity contribution in [1.82, 2.24) is 15.1 Å². The molecule has 0 saturated heterocycles. The molecular formula is C20H15N3O4. The third-order valence-electron chi connectivity index (χ3n) is 4.11. The van der Waals surface area contributed by atoms with E-state index in [9.17, 15) is 9.90 Å². The van der Waals surface area contributed by atoms with E-state index in [1.807, 2.05) is 12.1 Å². The van der Waals surface area contributed by atoms with Crippen molar-refractivity contribution in [3.05, 3.63) is 72.4 Å². The second kappa shape index (κ2) is 6.87. The molecule has 1 N–H and O–H groups in total. The first-order valence-electron chi connectivity index (χ1n) is 8.29. The van der Waals surface area contributed by atoms with Gasteiger partial charge in [0.05, 0.1) is 0 Å². The molecule has 1 atom stereocenters. The summed E-state index contributed by atoms with van der Waals surface area (Å²) in [5.41, 5.74) is 0.769. The quantitative estimate of drug-likeness (QED) is 0.550. The SMILES string of the molecule is C[C@@H](OC(=O)c1ccc2ccccc2c1O)c1nc(-c2cccnc2)no1. The highest BCUT2D eigenvalue weighted by molar-refractivity contribution is 6.01. The Hall–Kier alpha value is -3.74. The van der Waals surface area contributed by atoms with Gasteiger partial charge in [0.15, 0.2) is 6.10 Å². The van der Waals surface area contributed by atoms with Gasteiger partial charge in [-0.05, 0) is 30.5 Å². The van der Waals surface area contributed by atoms with E-state index in [1.54, 1.807) is 49.6 Å². The van der Waals surface area contributed by atoms with Crippen LogP contribution in [-0.4, -0.2) is 26.2 Å². The maximum atomic E-state index is 12.5.